The number of hydrogen-bond donors (Lipinski definition) is 0. The average Bonchev–Trinajstić information content (AvgIpc) is 1.91. The molecule has 1 heterocycles. The number of thioether (sulfide) groups is 1. The molecule has 0 aromatic rings. The maximum atomic E-state index is 12.7. The van der Waals surface area contributed by atoms with Crippen molar-refractivity contribution in [3.8, 4) is 0 Å². The van der Waals surface area contributed by atoms with Gasteiger partial charge in [-0.25, -0.2) is 17.6 Å². The summed E-state index contributed by atoms with van der Waals surface area (Å²) in [4.78, 5) is 0. The van der Waals surface area contributed by atoms with E-state index in [9.17, 15) is 17.6 Å². The molecule has 0 aromatic carbocycles. The Bertz CT molecular complexity index is 202. The molecule has 0 radical (unpaired) electrons. The predicted molar refractivity (Wildman–Crippen MR) is 42.4 cm³/mol. The van der Waals surface area contributed by atoms with Crippen molar-refractivity contribution in [3.05, 3.63) is 11.7 Å². The van der Waals surface area contributed by atoms with Gasteiger partial charge in [0.05, 0.1) is 0 Å². The summed E-state index contributed by atoms with van der Waals surface area (Å²) in [5.74, 6) is -3.55. The van der Waals surface area contributed by atoms with Crippen LogP contribution in [-0.4, -0.2) is 7.82 Å². The Labute approximate surface area is 80.7 Å². The lowest BCUT2D eigenvalue weighted by atomic mass is 10.5. The molecule has 0 saturated carbocycles. The fourth-order valence-electron chi connectivity index (χ4n) is 0.506. The highest BCUT2D eigenvalue weighted by atomic mass is 79.9. The Morgan fingerprint density at radius 3 is 1.36 bits per heavy atom. The van der Waals surface area contributed by atoms with Gasteiger partial charge in [0, 0.05) is 0 Å². The molecule has 0 fully saturated rings. The van der Waals surface area contributed by atoms with Gasteiger partial charge in [-0.15, -0.1) is 0 Å². The second-order valence-electron chi connectivity index (χ2n) is 1.76. The summed E-state index contributed by atoms with van der Waals surface area (Å²) in [5, 5.41) is 0. The van der Waals surface area contributed by atoms with Crippen molar-refractivity contribution in [1.82, 2.24) is 0 Å². The zero-order valence-corrected chi connectivity index (χ0v) is 8.66. The zero-order chi connectivity index (χ0) is 8.86. The van der Waals surface area contributed by atoms with Crippen LogP contribution in [0.1, 0.15) is 0 Å². The highest BCUT2D eigenvalue weighted by Gasteiger charge is 2.56. The van der Waals surface area contributed by atoms with E-state index in [-0.39, 0.29) is 11.8 Å². The van der Waals surface area contributed by atoms with Crippen LogP contribution in [-0.2, 0) is 0 Å². The minimum absolute atomic E-state index is 0.183. The van der Waals surface area contributed by atoms with Crippen LogP contribution in [0.15, 0.2) is 11.7 Å². The summed E-state index contributed by atoms with van der Waals surface area (Å²) >= 11 is 4.17. The van der Waals surface area contributed by atoms with Gasteiger partial charge >= 0.3 is 0 Å². The van der Waals surface area contributed by atoms with E-state index < -0.39 is 19.5 Å². The quantitative estimate of drug-likeness (QED) is 0.482. The maximum absolute atomic E-state index is 12.7. The molecule has 1 aliphatic heterocycles. The van der Waals surface area contributed by atoms with E-state index in [2.05, 4.69) is 31.9 Å². The molecule has 0 N–H and O–H groups in total. The molecule has 11 heavy (non-hydrogen) atoms. The second-order valence-corrected chi connectivity index (χ2v) is 6.33. The summed E-state index contributed by atoms with van der Waals surface area (Å²) in [6.45, 7) is 0. The molecule has 2 atom stereocenters. The summed E-state index contributed by atoms with van der Waals surface area (Å²) in [7, 11) is 0. The van der Waals surface area contributed by atoms with Gasteiger partial charge in [0.2, 0.25) is 0 Å². The first-order chi connectivity index (χ1) is 4.77. The van der Waals surface area contributed by atoms with Gasteiger partial charge in [0.15, 0.2) is 11.7 Å². The molecular formula is C4Br2F4S. The molecule has 0 saturated heterocycles. The van der Waals surface area contributed by atoms with Gasteiger partial charge in [0.25, 0.3) is 7.82 Å². The van der Waals surface area contributed by atoms with Gasteiger partial charge in [0.1, 0.15) is 0 Å². The van der Waals surface area contributed by atoms with Crippen LogP contribution in [0, 0.1) is 0 Å². The first-order valence-electron chi connectivity index (χ1n) is 2.29. The van der Waals surface area contributed by atoms with Gasteiger partial charge in [-0.1, -0.05) is 0 Å². The Morgan fingerprint density at radius 1 is 1.00 bits per heavy atom. The van der Waals surface area contributed by atoms with Crippen LogP contribution < -0.4 is 0 Å². The number of hydrogen-bond acceptors (Lipinski definition) is 1. The van der Waals surface area contributed by atoms with Crippen LogP contribution in [0.3, 0.4) is 0 Å². The third-order valence-corrected chi connectivity index (χ3v) is 3.50. The van der Waals surface area contributed by atoms with Crippen LogP contribution in [0.25, 0.3) is 0 Å². The molecule has 1 rings (SSSR count). The van der Waals surface area contributed by atoms with Crippen molar-refractivity contribution < 1.29 is 17.6 Å². The van der Waals surface area contributed by atoms with Crippen LogP contribution in [0.5, 0.6) is 0 Å². The Balaban J connectivity index is 3.09. The third kappa shape index (κ3) is 1.60. The summed E-state index contributed by atoms with van der Waals surface area (Å²) in [6, 6.07) is 0. The molecule has 1 aliphatic rings. The SMILES string of the molecule is FC1=C(F)[C@](F)(Br)S[C@]1(F)Br. The van der Waals surface area contributed by atoms with Crippen molar-refractivity contribution in [2.24, 2.45) is 0 Å². The minimum Gasteiger partial charge on any atom is -0.211 e. The lowest BCUT2D eigenvalue weighted by molar-refractivity contribution is 0.364. The highest BCUT2D eigenvalue weighted by Crippen LogP contribution is 2.62. The summed E-state index contributed by atoms with van der Waals surface area (Å²) in [6.07, 6.45) is 0. The first-order valence-corrected chi connectivity index (χ1v) is 4.69. The highest BCUT2D eigenvalue weighted by molar-refractivity contribution is 9.14. The van der Waals surface area contributed by atoms with E-state index in [4.69, 9.17) is 0 Å². The first kappa shape index (κ1) is 9.85. The number of halogens is 6. The van der Waals surface area contributed by atoms with Crippen molar-refractivity contribution in [3.63, 3.8) is 0 Å². The fourth-order valence-corrected chi connectivity index (χ4v) is 3.52. The van der Waals surface area contributed by atoms with Gasteiger partial charge in [-0.2, -0.15) is 0 Å². The Hall–Kier alpha value is 0.770. The van der Waals surface area contributed by atoms with Crippen molar-refractivity contribution in [1.29, 1.82) is 0 Å². The minimum atomic E-state index is -2.80. The molecule has 0 bridgehead atoms. The van der Waals surface area contributed by atoms with Gasteiger partial charge in [-0.05, 0) is 43.6 Å². The summed E-state index contributed by atoms with van der Waals surface area (Å²) < 4.78 is 44.5. The second kappa shape index (κ2) is 2.63. The van der Waals surface area contributed by atoms with E-state index in [0.717, 1.165) is 0 Å². The monoisotopic (exact) mass is 314 g/mol. The Kier molecular flexibility index (Phi) is 2.36. The van der Waals surface area contributed by atoms with Gasteiger partial charge in [-0.3, -0.25) is 0 Å². The maximum Gasteiger partial charge on any atom is 0.268 e. The topological polar surface area (TPSA) is 0 Å². The normalized spacial score (nSPS) is 45.3. The van der Waals surface area contributed by atoms with E-state index in [0.29, 0.717) is 0 Å². The third-order valence-electron chi connectivity index (χ3n) is 0.960. The number of alkyl halides is 4. The van der Waals surface area contributed by atoms with Crippen molar-refractivity contribution in [2.75, 3.05) is 0 Å². The zero-order valence-electron chi connectivity index (χ0n) is 4.68. The predicted octanol–water partition coefficient (Wildman–Crippen LogP) is 3.92. The molecule has 0 spiro atoms. The largest absolute Gasteiger partial charge is 0.268 e. The van der Waals surface area contributed by atoms with Crippen molar-refractivity contribution >= 4 is 43.6 Å². The molecule has 0 nitrogen and oxygen atoms in total. The van der Waals surface area contributed by atoms with Gasteiger partial charge < -0.3 is 0 Å². The Morgan fingerprint density at radius 2 is 1.27 bits per heavy atom. The average molecular weight is 316 g/mol. The number of rotatable bonds is 0. The molecule has 0 unspecified atom stereocenters. The van der Waals surface area contributed by atoms with Crippen molar-refractivity contribution in [2.45, 2.75) is 7.82 Å². The summed E-state index contributed by atoms with van der Waals surface area (Å²) in [5.41, 5.74) is 0. The lowest BCUT2D eigenvalue weighted by Gasteiger charge is -2.11. The van der Waals surface area contributed by atoms with Crippen LogP contribution >= 0.6 is 43.6 Å². The molecular weight excluding hydrogens is 316 g/mol. The molecule has 0 aromatic heterocycles. The van der Waals surface area contributed by atoms with E-state index >= 15 is 0 Å². The molecule has 0 amide bonds. The molecule has 7 heteroatoms. The smallest absolute Gasteiger partial charge is 0.211 e. The van der Waals surface area contributed by atoms with Crippen LogP contribution in [0.2, 0.25) is 0 Å². The van der Waals surface area contributed by atoms with E-state index in [1.807, 2.05) is 0 Å². The van der Waals surface area contributed by atoms with E-state index in [1.165, 1.54) is 0 Å². The molecule has 64 valence electrons. The fraction of sp³-hybridized carbons (Fsp3) is 0.500. The molecule has 0 aliphatic carbocycles. The standard InChI is InChI=1S/C4Br2F4S/c5-3(9)1(7)2(8)4(6,10)11-3/t3-,4+. The lowest BCUT2D eigenvalue weighted by Crippen LogP contribution is -2.07. The van der Waals surface area contributed by atoms with E-state index in [1.54, 1.807) is 0 Å². The van der Waals surface area contributed by atoms with Crippen LogP contribution in [0.4, 0.5) is 17.6 Å².